The van der Waals surface area contributed by atoms with E-state index in [2.05, 4.69) is 5.32 Å². The third-order valence-electron chi connectivity index (χ3n) is 3.21. The number of hydrogen-bond acceptors (Lipinski definition) is 3. The van der Waals surface area contributed by atoms with Crippen LogP contribution in [0.3, 0.4) is 0 Å². The molecular formula is C17H19NO3. The largest absolute Gasteiger partial charge is 0.497 e. The third-order valence-corrected chi connectivity index (χ3v) is 3.21. The maximum absolute atomic E-state index is 11.6. The van der Waals surface area contributed by atoms with Crippen LogP contribution in [0.15, 0.2) is 42.5 Å². The van der Waals surface area contributed by atoms with E-state index in [1.165, 1.54) is 0 Å². The molecule has 0 aromatic heterocycles. The average Bonchev–Trinajstić information content (AvgIpc) is 2.43. The van der Waals surface area contributed by atoms with Gasteiger partial charge in [-0.15, -0.1) is 0 Å². The SMILES string of the molecule is COc1cccc(NC(C(=O)O)c2cc(C)cc(C)c2)c1. The Morgan fingerprint density at radius 2 is 1.81 bits per heavy atom. The van der Waals surface area contributed by atoms with Gasteiger partial charge < -0.3 is 15.2 Å². The molecule has 0 saturated heterocycles. The highest BCUT2D eigenvalue weighted by Gasteiger charge is 2.20. The molecule has 0 amide bonds. The number of nitrogens with one attached hydrogen (secondary N) is 1. The molecule has 0 aliphatic heterocycles. The Morgan fingerprint density at radius 3 is 2.38 bits per heavy atom. The fourth-order valence-electron chi connectivity index (χ4n) is 2.34. The molecule has 2 aromatic carbocycles. The van der Waals surface area contributed by atoms with Gasteiger partial charge >= 0.3 is 5.97 Å². The van der Waals surface area contributed by atoms with Crippen molar-refractivity contribution >= 4 is 11.7 Å². The van der Waals surface area contributed by atoms with Gasteiger partial charge in [0.25, 0.3) is 0 Å². The first-order valence-electron chi connectivity index (χ1n) is 6.71. The predicted molar refractivity (Wildman–Crippen MR) is 82.9 cm³/mol. The molecule has 2 aromatic rings. The molecule has 4 nitrogen and oxygen atoms in total. The number of aliphatic carboxylic acids is 1. The number of hydrogen-bond donors (Lipinski definition) is 2. The van der Waals surface area contributed by atoms with Gasteiger partial charge in [0.1, 0.15) is 5.75 Å². The lowest BCUT2D eigenvalue weighted by atomic mass is 10.0. The lowest BCUT2D eigenvalue weighted by Gasteiger charge is -2.18. The summed E-state index contributed by atoms with van der Waals surface area (Å²) in [5, 5.41) is 12.5. The highest BCUT2D eigenvalue weighted by atomic mass is 16.5. The quantitative estimate of drug-likeness (QED) is 0.882. The van der Waals surface area contributed by atoms with Crippen LogP contribution < -0.4 is 10.1 Å². The molecule has 1 unspecified atom stereocenters. The summed E-state index contributed by atoms with van der Waals surface area (Å²) in [5.41, 5.74) is 3.54. The van der Waals surface area contributed by atoms with Crippen molar-refractivity contribution < 1.29 is 14.6 Å². The smallest absolute Gasteiger partial charge is 0.330 e. The number of benzene rings is 2. The molecule has 0 radical (unpaired) electrons. The zero-order valence-electron chi connectivity index (χ0n) is 12.4. The second-order valence-corrected chi connectivity index (χ2v) is 5.07. The van der Waals surface area contributed by atoms with Crippen molar-refractivity contribution in [1.29, 1.82) is 0 Å². The summed E-state index contributed by atoms with van der Waals surface area (Å²) >= 11 is 0. The van der Waals surface area contributed by atoms with Crippen LogP contribution in [0.2, 0.25) is 0 Å². The van der Waals surface area contributed by atoms with Crippen molar-refractivity contribution in [3.8, 4) is 5.75 Å². The molecule has 0 spiro atoms. The van der Waals surface area contributed by atoms with Crippen LogP contribution in [0.1, 0.15) is 22.7 Å². The molecular weight excluding hydrogens is 266 g/mol. The van der Waals surface area contributed by atoms with Crippen molar-refractivity contribution in [3.63, 3.8) is 0 Å². The van der Waals surface area contributed by atoms with E-state index in [-0.39, 0.29) is 0 Å². The topological polar surface area (TPSA) is 58.6 Å². The Morgan fingerprint density at radius 1 is 1.14 bits per heavy atom. The molecule has 1 atom stereocenters. The van der Waals surface area contributed by atoms with Gasteiger partial charge in [0.15, 0.2) is 6.04 Å². The van der Waals surface area contributed by atoms with E-state index in [1.54, 1.807) is 13.2 Å². The van der Waals surface area contributed by atoms with Crippen molar-refractivity contribution in [3.05, 3.63) is 59.2 Å². The number of ether oxygens (including phenoxy) is 1. The monoisotopic (exact) mass is 285 g/mol. The third kappa shape index (κ3) is 3.75. The molecule has 4 heteroatoms. The summed E-state index contributed by atoms with van der Waals surface area (Å²) in [6, 6.07) is 12.2. The van der Waals surface area contributed by atoms with Crippen LogP contribution in [0.25, 0.3) is 0 Å². The van der Waals surface area contributed by atoms with Crippen LogP contribution in [-0.2, 0) is 4.79 Å². The Bertz CT molecular complexity index is 632. The number of rotatable bonds is 5. The molecule has 0 fully saturated rings. The maximum atomic E-state index is 11.6. The van der Waals surface area contributed by atoms with E-state index in [0.717, 1.165) is 16.7 Å². The van der Waals surface area contributed by atoms with Crippen molar-refractivity contribution in [2.24, 2.45) is 0 Å². The van der Waals surface area contributed by atoms with Gasteiger partial charge in [-0.25, -0.2) is 4.79 Å². The van der Waals surface area contributed by atoms with Gasteiger partial charge in [-0.1, -0.05) is 35.4 Å². The Balaban J connectivity index is 2.32. The number of methoxy groups -OCH3 is 1. The van der Waals surface area contributed by atoms with Crippen LogP contribution in [0.4, 0.5) is 5.69 Å². The van der Waals surface area contributed by atoms with Crippen molar-refractivity contribution in [2.45, 2.75) is 19.9 Å². The Labute approximate surface area is 124 Å². The highest BCUT2D eigenvalue weighted by Crippen LogP contribution is 2.24. The summed E-state index contributed by atoms with van der Waals surface area (Å²) < 4.78 is 5.15. The fraction of sp³-hybridized carbons (Fsp3) is 0.235. The lowest BCUT2D eigenvalue weighted by Crippen LogP contribution is -2.20. The van der Waals surface area contributed by atoms with Crippen molar-refractivity contribution in [1.82, 2.24) is 0 Å². The van der Waals surface area contributed by atoms with Gasteiger partial charge in [0, 0.05) is 11.8 Å². The van der Waals surface area contributed by atoms with Crippen LogP contribution in [-0.4, -0.2) is 18.2 Å². The minimum Gasteiger partial charge on any atom is -0.497 e. The first-order valence-corrected chi connectivity index (χ1v) is 6.71. The van der Waals surface area contributed by atoms with Gasteiger partial charge in [-0.2, -0.15) is 0 Å². The summed E-state index contributed by atoms with van der Waals surface area (Å²) in [6.07, 6.45) is 0. The zero-order chi connectivity index (χ0) is 15.4. The van der Waals surface area contributed by atoms with E-state index < -0.39 is 12.0 Å². The number of carbonyl (C=O) groups is 1. The summed E-state index contributed by atoms with van der Waals surface area (Å²) in [7, 11) is 1.58. The standard InChI is InChI=1S/C17H19NO3/c1-11-7-12(2)9-13(8-11)16(17(19)20)18-14-5-4-6-15(10-14)21-3/h4-10,16,18H,1-3H3,(H,19,20). The normalized spacial score (nSPS) is 11.8. The summed E-state index contributed by atoms with van der Waals surface area (Å²) in [4.78, 5) is 11.6. The lowest BCUT2D eigenvalue weighted by molar-refractivity contribution is -0.138. The predicted octanol–water partition coefficient (Wildman–Crippen LogP) is 3.55. The molecule has 0 aliphatic carbocycles. The van der Waals surface area contributed by atoms with E-state index in [9.17, 15) is 9.90 Å². The molecule has 0 bridgehead atoms. The average molecular weight is 285 g/mol. The second kappa shape index (κ2) is 6.31. The summed E-state index contributed by atoms with van der Waals surface area (Å²) in [6.45, 7) is 3.92. The zero-order valence-corrected chi connectivity index (χ0v) is 12.4. The Kier molecular flexibility index (Phi) is 4.48. The van der Waals surface area contributed by atoms with E-state index >= 15 is 0 Å². The molecule has 0 heterocycles. The first-order chi connectivity index (χ1) is 9.99. The summed E-state index contributed by atoms with van der Waals surface area (Å²) in [5.74, 6) is -0.229. The molecule has 110 valence electrons. The molecule has 0 saturated carbocycles. The van der Waals surface area contributed by atoms with Crippen LogP contribution in [0.5, 0.6) is 5.75 Å². The molecule has 2 rings (SSSR count). The molecule has 0 aliphatic rings. The number of carboxylic acids is 1. The van der Waals surface area contributed by atoms with Crippen molar-refractivity contribution in [2.75, 3.05) is 12.4 Å². The molecule has 2 N–H and O–H groups in total. The number of carboxylic acid groups (broad SMARTS) is 1. The first kappa shape index (κ1) is 14.9. The second-order valence-electron chi connectivity index (χ2n) is 5.07. The fourth-order valence-corrected chi connectivity index (χ4v) is 2.34. The minimum atomic E-state index is -0.914. The number of anilines is 1. The van der Waals surface area contributed by atoms with Gasteiger partial charge in [-0.3, -0.25) is 0 Å². The van der Waals surface area contributed by atoms with E-state index in [4.69, 9.17) is 4.74 Å². The maximum Gasteiger partial charge on any atom is 0.330 e. The van der Waals surface area contributed by atoms with E-state index in [1.807, 2.05) is 50.2 Å². The van der Waals surface area contributed by atoms with Gasteiger partial charge in [0.2, 0.25) is 0 Å². The van der Waals surface area contributed by atoms with Crippen LogP contribution in [0, 0.1) is 13.8 Å². The molecule has 21 heavy (non-hydrogen) atoms. The van der Waals surface area contributed by atoms with Crippen LogP contribution >= 0.6 is 0 Å². The Hall–Kier alpha value is -2.49. The highest BCUT2D eigenvalue weighted by molar-refractivity contribution is 5.79. The minimum absolute atomic E-state index is 0.685. The van der Waals surface area contributed by atoms with Gasteiger partial charge in [0.05, 0.1) is 7.11 Å². The number of aryl methyl sites for hydroxylation is 2. The van der Waals surface area contributed by atoms with Gasteiger partial charge in [-0.05, 0) is 31.5 Å². The van der Waals surface area contributed by atoms with E-state index in [0.29, 0.717) is 11.4 Å².